The maximum absolute atomic E-state index is 14.9. The number of carbonyl (C=O) groups excluding carboxylic acids is 1. The zero-order valence-corrected chi connectivity index (χ0v) is 19.8. The Morgan fingerprint density at radius 3 is 2.68 bits per heavy atom. The first-order valence-electron chi connectivity index (χ1n) is 11.8. The molecule has 5 aromatic rings. The van der Waals surface area contributed by atoms with Crippen LogP contribution in [-0.2, 0) is 0 Å². The fourth-order valence-electron chi connectivity index (χ4n) is 4.66. The van der Waals surface area contributed by atoms with E-state index in [0.29, 0.717) is 52.5 Å². The van der Waals surface area contributed by atoms with Gasteiger partial charge in [-0.15, -0.1) is 10.2 Å². The zero-order chi connectivity index (χ0) is 25.5. The number of para-hydroxylation sites is 1. The molecular weight excluding hydrogens is 476 g/mol. The number of halogens is 2. The molecule has 1 N–H and O–H groups in total. The van der Waals surface area contributed by atoms with Gasteiger partial charge < -0.3 is 5.32 Å². The number of aryl methyl sites for hydroxylation is 1. The average molecular weight is 498 g/mol. The highest BCUT2D eigenvalue weighted by atomic mass is 19.1. The highest BCUT2D eigenvalue weighted by molar-refractivity contribution is 6.04. The van der Waals surface area contributed by atoms with Gasteiger partial charge in [0.1, 0.15) is 28.7 Å². The molecule has 0 unspecified atom stereocenters. The minimum atomic E-state index is -0.515. The van der Waals surface area contributed by atoms with Gasteiger partial charge in [0.2, 0.25) is 0 Å². The Balaban J connectivity index is 1.26. The van der Waals surface area contributed by atoms with Gasteiger partial charge in [-0.2, -0.15) is 0 Å². The van der Waals surface area contributed by atoms with Gasteiger partial charge in [0.05, 0.1) is 23.0 Å². The summed E-state index contributed by atoms with van der Waals surface area (Å²) in [5.74, 6) is -0.195. The van der Waals surface area contributed by atoms with E-state index in [1.165, 1.54) is 18.3 Å². The van der Waals surface area contributed by atoms with Crippen LogP contribution >= 0.6 is 0 Å². The van der Waals surface area contributed by atoms with Crippen molar-refractivity contribution in [1.29, 1.82) is 0 Å². The maximum atomic E-state index is 14.9. The molecule has 0 bridgehead atoms. The van der Waals surface area contributed by atoms with Crippen LogP contribution in [0.2, 0.25) is 0 Å². The molecule has 4 aromatic heterocycles. The zero-order valence-electron chi connectivity index (χ0n) is 19.8. The highest BCUT2D eigenvalue weighted by Crippen LogP contribution is 2.39. The van der Waals surface area contributed by atoms with E-state index in [2.05, 4.69) is 30.5 Å². The fourth-order valence-corrected chi connectivity index (χ4v) is 4.66. The Morgan fingerprint density at radius 2 is 1.86 bits per heavy atom. The van der Waals surface area contributed by atoms with Crippen molar-refractivity contribution in [2.75, 3.05) is 0 Å². The molecule has 1 aromatic carbocycles. The number of hydrogen-bond acceptors (Lipinski definition) is 6. The van der Waals surface area contributed by atoms with Gasteiger partial charge in [0.15, 0.2) is 5.82 Å². The maximum Gasteiger partial charge on any atom is 0.253 e. The summed E-state index contributed by atoms with van der Waals surface area (Å²) in [6, 6.07) is 14.7. The van der Waals surface area contributed by atoms with Crippen molar-refractivity contribution in [3.05, 3.63) is 95.7 Å². The van der Waals surface area contributed by atoms with Crippen LogP contribution in [0.25, 0.3) is 28.2 Å². The summed E-state index contributed by atoms with van der Waals surface area (Å²) in [6.45, 7) is 1.88. The van der Waals surface area contributed by atoms with E-state index >= 15 is 0 Å². The van der Waals surface area contributed by atoms with Crippen LogP contribution in [0.1, 0.15) is 40.6 Å². The first-order chi connectivity index (χ1) is 18.0. The molecule has 1 amide bonds. The summed E-state index contributed by atoms with van der Waals surface area (Å²) in [4.78, 5) is 25.7. The molecule has 8 nitrogen and oxygen atoms in total. The minimum Gasteiger partial charge on any atom is -0.349 e. The summed E-state index contributed by atoms with van der Waals surface area (Å²) in [7, 11) is 0. The summed E-state index contributed by atoms with van der Waals surface area (Å²) in [5, 5.41) is 11.8. The van der Waals surface area contributed by atoms with Crippen LogP contribution in [0.15, 0.2) is 67.0 Å². The van der Waals surface area contributed by atoms with E-state index in [9.17, 15) is 13.6 Å². The Labute approximate surface area is 210 Å². The normalized spacial score (nSPS) is 16.9. The van der Waals surface area contributed by atoms with Crippen LogP contribution < -0.4 is 5.32 Å². The second-order valence-electron chi connectivity index (χ2n) is 9.05. The average Bonchev–Trinajstić information content (AvgIpc) is 3.29. The molecule has 37 heavy (non-hydrogen) atoms. The molecule has 6 rings (SSSR count). The van der Waals surface area contributed by atoms with E-state index < -0.39 is 11.6 Å². The van der Waals surface area contributed by atoms with E-state index in [-0.39, 0.29) is 17.9 Å². The summed E-state index contributed by atoms with van der Waals surface area (Å²) < 4.78 is 30.1. The minimum absolute atomic E-state index is 0.0441. The third-order valence-electron chi connectivity index (χ3n) is 6.53. The number of nitrogens with zero attached hydrogens (tertiary/aromatic N) is 6. The lowest BCUT2D eigenvalue weighted by Crippen LogP contribution is -2.44. The molecule has 10 heteroatoms. The smallest absolute Gasteiger partial charge is 0.253 e. The van der Waals surface area contributed by atoms with Gasteiger partial charge in [0, 0.05) is 29.9 Å². The lowest BCUT2D eigenvalue weighted by atomic mass is 9.79. The highest BCUT2D eigenvalue weighted by Gasteiger charge is 2.37. The van der Waals surface area contributed by atoms with E-state index in [1.807, 2.05) is 25.1 Å². The van der Waals surface area contributed by atoms with Gasteiger partial charge in [0.25, 0.3) is 5.91 Å². The van der Waals surface area contributed by atoms with Crippen LogP contribution in [0.5, 0.6) is 0 Å². The molecule has 1 saturated carbocycles. The lowest BCUT2D eigenvalue weighted by molar-refractivity contribution is 0.0908. The van der Waals surface area contributed by atoms with Gasteiger partial charge in [-0.25, -0.2) is 13.8 Å². The van der Waals surface area contributed by atoms with Crippen molar-refractivity contribution in [3.63, 3.8) is 0 Å². The largest absolute Gasteiger partial charge is 0.349 e. The van der Waals surface area contributed by atoms with E-state index in [1.54, 1.807) is 28.8 Å². The fraction of sp³-hybridized carbons (Fsp3) is 0.185. The topological polar surface area (TPSA) is 98.5 Å². The van der Waals surface area contributed by atoms with Crippen LogP contribution in [0, 0.1) is 18.6 Å². The number of rotatable bonds is 5. The number of pyridine rings is 3. The summed E-state index contributed by atoms with van der Waals surface area (Å²) in [6.07, 6.45) is 3.73. The van der Waals surface area contributed by atoms with Gasteiger partial charge in [-0.05, 0) is 50.1 Å². The molecule has 0 spiro atoms. The molecular formula is C27H21F2N7O. The van der Waals surface area contributed by atoms with Gasteiger partial charge in [-0.3, -0.25) is 19.3 Å². The van der Waals surface area contributed by atoms with Crippen molar-refractivity contribution in [1.82, 2.24) is 35.0 Å². The van der Waals surface area contributed by atoms with Crippen LogP contribution in [-0.4, -0.2) is 41.7 Å². The molecule has 0 saturated heterocycles. The van der Waals surface area contributed by atoms with Crippen molar-refractivity contribution < 1.29 is 13.6 Å². The molecule has 0 radical (unpaired) electrons. The summed E-state index contributed by atoms with van der Waals surface area (Å²) in [5.41, 5.74) is 2.74. The molecule has 0 aliphatic heterocycles. The Hall–Kier alpha value is -4.60. The molecule has 4 heterocycles. The SMILES string of the molecule is Cc1cccc(-c2nnc([C@H]3C[C@H](NC(=O)c4ccnc5cc(F)cnc45)C3)n2-c2ccccc2F)n1. The molecule has 184 valence electrons. The quantitative estimate of drug-likeness (QED) is 0.383. The van der Waals surface area contributed by atoms with E-state index in [0.717, 1.165) is 11.9 Å². The van der Waals surface area contributed by atoms with Crippen molar-refractivity contribution in [2.45, 2.75) is 31.7 Å². The number of hydrogen-bond donors (Lipinski definition) is 1. The van der Waals surface area contributed by atoms with Crippen molar-refractivity contribution in [2.24, 2.45) is 0 Å². The Kier molecular flexibility index (Phi) is 5.63. The predicted molar refractivity (Wildman–Crippen MR) is 132 cm³/mol. The first-order valence-corrected chi connectivity index (χ1v) is 11.8. The van der Waals surface area contributed by atoms with Crippen molar-refractivity contribution >= 4 is 16.9 Å². The third kappa shape index (κ3) is 4.20. The lowest BCUT2D eigenvalue weighted by Gasteiger charge is -2.35. The second-order valence-corrected chi connectivity index (χ2v) is 9.05. The van der Waals surface area contributed by atoms with Gasteiger partial charge >= 0.3 is 0 Å². The monoisotopic (exact) mass is 497 g/mol. The number of amides is 1. The van der Waals surface area contributed by atoms with E-state index in [4.69, 9.17) is 0 Å². The number of benzene rings is 1. The Bertz CT molecular complexity index is 1650. The third-order valence-corrected chi connectivity index (χ3v) is 6.53. The summed E-state index contributed by atoms with van der Waals surface area (Å²) >= 11 is 0. The molecule has 1 fully saturated rings. The first kappa shape index (κ1) is 22.8. The standard InChI is InChI=1S/C27H21F2N7O/c1-15-5-4-7-21(32-15)26-35-34-25(36(26)23-8-3-2-6-20(23)29)16-11-18(12-16)33-27(37)19-9-10-30-22-13-17(28)14-31-24(19)22/h2-10,13-14,16,18H,11-12H2,1H3,(H,33,37)/t16-,18-. The van der Waals surface area contributed by atoms with Crippen LogP contribution in [0.3, 0.4) is 0 Å². The number of aromatic nitrogens is 6. The number of carbonyl (C=O) groups is 1. The Morgan fingerprint density at radius 1 is 1.03 bits per heavy atom. The molecule has 0 atom stereocenters. The second kappa shape index (κ2) is 9.12. The number of fused-ring (bicyclic) bond motifs is 1. The predicted octanol–water partition coefficient (Wildman–Crippen LogP) is 4.54. The number of nitrogens with one attached hydrogen (secondary N) is 1. The molecule has 1 aliphatic carbocycles. The van der Waals surface area contributed by atoms with Crippen LogP contribution in [0.4, 0.5) is 8.78 Å². The van der Waals surface area contributed by atoms with Gasteiger partial charge in [-0.1, -0.05) is 18.2 Å². The molecule has 1 aliphatic rings. The van der Waals surface area contributed by atoms with Crippen molar-refractivity contribution in [3.8, 4) is 17.2 Å².